The number of piperidine rings is 1. The molecule has 1 fully saturated rings. The Morgan fingerprint density at radius 2 is 1.58 bits per heavy atom. The molecule has 0 spiro atoms. The number of benzene rings is 2. The predicted octanol–water partition coefficient (Wildman–Crippen LogP) is 4.85. The maximum Gasteiger partial charge on any atom is 0.409 e. The van der Waals surface area contributed by atoms with E-state index in [1.807, 2.05) is 29.2 Å². The predicted molar refractivity (Wildman–Crippen MR) is 186 cm³/mol. The molecule has 2 aromatic carbocycles. The molecule has 3 N–H and O–H groups in total. The molecule has 266 valence electrons. The smallest absolute Gasteiger partial charge is 0.409 e. The Hall–Kier alpha value is -3.02. The van der Waals surface area contributed by atoms with E-state index in [0.29, 0.717) is 58.1 Å². The zero-order valence-corrected chi connectivity index (χ0v) is 29.0. The summed E-state index contributed by atoms with van der Waals surface area (Å²) in [4.78, 5) is 32.1. The first kappa shape index (κ1) is 37.8. The molecular formula is C38H57N3O7. The number of rotatable bonds is 20. The number of hydrogen-bond acceptors (Lipinski definition) is 8. The number of carbonyl (C=O) groups is 2. The number of hydrogen-bond donors (Lipinski definition) is 3. The van der Waals surface area contributed by atoms with E-state index in [-0.39, 0.29) is 30.9 Å². The Balaban J connectivity index is 1.17. The summed E-state index contributed by atoms with van der Waals surface area (Å²) in [6.45, 7) is 6.16. The van der Waals surface area contributed by atoms with E-state index in [1.54, 1.807) is 11.9 Å². The minimum Gasteiger partial charge on any atom is -0.448 e. The molecule has 10 nitrogen and oxygen atoms in total. The van der Waals surface area contributed by atoms with E-state index in [9.17, 15) is 19.8 Å². The summed E-state index contributed by atoms with van der Waals surface area (Å²) in [6, 6.07) is 16.7. The molecule has 0 aromatic heterocycles. The third-order valence-electron chi connectivity index (χ3n) is 9.84. The van der Waals surface area contributed by atoms with Gasteiger partial charge in [-0.15, -0.1) is 0 Å². The molecule has 1 aliphatic heterocycles. The molecule has 10 heteroatoms. The summed E-state index contributed by atoms with van der Waals surface area (Å²) in [5.41, 5.74) is 4.81. The number of unbranched alkanes of at least 4 members (excludes halogenated alkanes) is 3. The zero-order chi connectivity index (χ0) is 34.3. The van der Waals surface area contributed by atoms with Gasteiger partial charge in [0, 0.05) is 58.5 Å². The maximum atomic E-state index is 13.2. The van der Waals surface area contributed by atoms with Gasteiger partial charge < -0.3 is 39.5 Å². The highest BCUT2D eigenvalue weighted by Gasteiger charge is 2.30. The maximum absolute atomic E-state index is 13.2. The van der Waals surface area contributed by atoms with Gasteiger partial charge in [0.05, 0.1) is 18.8 Å². The summed E-state index contributed by atoms with van der Waals surface area (Å²) < 4.78 is 10.7. The lowest BCUT2D eigenvalue weighted by molar-refractivity contribution is -0.133. The monoisotopic (exact) mass is 667 g/mol. The van der Waals surface area contributed by atoms with Crippen molar-refractivity contribution in [1.29, 1.82) is 0 Å². The number of ether oxygens (including phenoxy) is 2. The van der Waals surface area contributed by atoms with Crippen molar-refractivity contribution in [1.82, 2.24) is 14.7 Å². The average molecular weight is 668 g/mol. The lowest BCUT2D eigenvalue weighted by atomic mass is 9.96. The molecular weight excluding hydrogens is 610 g/mol. The molecule has 2 aliphatic rings. The Morgan fingerprint density at radius 1 is 0.917 bits per heavy atom. The van der Waals surface area contributed by atoms with Crippen LogP contribution in [0.5, 0.6) is 0 Å². The molecule has 4 rings (SSSR count). The minimum atomic E-state index is -0.826. The first-order chi connectivity index (χ1) is 23.3. The van der Waals surface area contributed by atoms with Crippen molar-refractivity contribution in [2.45, 2.75) is 82.8 Å². The summed E-state index contributed by atoms with van der Waals surface area (Å²) >= 11 is 0. The van der Waals surface area contributed by atoms with E-state index in [4.69, 9.17) is 14.6 Å². The Kier molecular flexibility index (Phi) is 15.6. The quantitative estimate of drug-likeness (QED) is 0.135. The van der Waals surface area contributed by atoms with Crippen LogP contribution in [-0.4, -0.2) is 121 Å². The first-order valence-corrected chi connectivity index (χ1v) is 17.9. The normalized spacial score (nSPS) is 16.1. The third kappa shape index (κ3) is 11.3. The summed E-state index contributed by atoms with van der Waals surface area (Å²) in [7, 11) is 1.80. The van der Waals surface area contributed by atoms with Gasteiger partial charge >= 0.3 is 6.09 Å². The van der Waals surface area contributed by atoms with Crippen molar-refractivity contribution in [3.05, 3.63) is 59.7 Å². The van der Waals surface area contributed by atoms with Gasteiger partial charge in [-0.2, -0.15) is 0 Å². The van der Waals surface area contributed by atoms with E-state index >= 15 is 0 Å². The first-order valence-electron chi connectivity index (χ1n) is 17.9. The third-order valence-corrected chi connectivity index (χ3v) is 9.84. The van der Waals surface area contributed by atoms with Crippen molar-refractivity contribution >= 4 is 12.0 Å². The fraction of sp³-hybridized carbons (Fsp3) is 0.632. The van der Waals surface area contributed by atoms with Gasteiger partial charge in [-0.05, 0) is 60.4 Å². The largest absolute Gasteiger partial charge is 0.448 e. The highest BCUT2D eigenvalue weighted by atomic mass is 16.6. The van der Waals surface area contributed by atoms with Crippen molar-refractivity contribution in [3.63, 3.8) is 0 Å². The standard InChI is InChI=1S/C38H57N3O7/c1-3-4-5-10-19-40(20-17-30(43)24-31(44)26-47-28-42)21-18-37(45)41-22-15-29(16-23-41)25-39(2)38(46)48-27-36-34-13-8-6-11-32(34)33-12-7-9-14-35(33)36/h6-9,11-14,29-31,36,42-44H,3-5,10,15-28H2,1-2H3/t30-,31+/m1/s1. The van der Waals surface area contributed by atoms with Crippen molar-refractivity contribution in [2.24, 2.45) is 5.92 Å². The molecule has 0 radical (unpaired) electrons. The molecule has 2 amide bonds. The average Bonchev–Trinajstić information content (AvgIpc) is 3.42. The summed E-state index contributed by atoms with van der Waals surface area (Å²) in [5, 5.41) is 29.1. The van der Waals surface area contributed by atoms with Crippen LogP contribution < -0.4 is 0 Å². The topological polar surface area (TPSA) is 123 Å². The van der Waals surface area contributed by atoms with Crippen LogP contribution in [0.4, 0.5) is 4.79 Å². The lowest BCUT2D eigenvalue weighted by Gasteiger charge is -2.34. The summed E-state index contributed by atoms with van der Waals surface area (Å²) in [6.07, 6.45) is 5.52. The molecule has 2 aromatic rings. The van der Waals surface area contributed by atoms with Crippen LogP contribution in [0.3, 0.4) is 0 Å². The molecule has 0 bridgehead atoms. The number of carbonyl (C=O) groups excluding carboxylic acids is 2. The zero-order valence-electron chi connectivity index (χ0n) is 29.0. The second kappa shape index (κ2) is 19.8. The van der Waals surface area contributed by atoms with Gasteiger partial charge in [-0.1, -0.05) is 74.7 Å². The van der Waals surface area contributed by atoms with Crippen LogP contribution in [-0.2, 0) is 14.3 Å². The van der Waals surface area contributed by atoms with Crippen LogP contribution in [0.15, 0.2) is 48.5 Å². The molecule has 48 heavy (non-hydrogen) atoms. The van der Waals surface area contributed by atoms with Crippen molar-refractivity contribution < 1.29 is 34.4 Å². The van der Waals surface area contributed by atoms with Crippen LogP contribution in [0.2, 0.25) is 0 Å². The Morgan fingerprint density at radius 3 is 2.23 bits per heavy atom. The number of nitrogens with zero attached hydrogens (tertiary/aromatic N) is 3. The minimum absolute atomic E-state index is 0.00875. The van der Waals surface area contributed by atoms with Crippen LogP contribution in [0, 0.1) is 5.92 Å². The fourth-order valence-corrected chi connectivity index (χ4v) is 7.06. The van der Waals surface area contributed by atoms with Gasteiger partial charge in [0.25, 0.3) is 0 Å². The van der Waals surface area contributed by atoms with Crippen molar-refractivity contribution in [2.75, 3.05) is 66.3 Å². The Labute approximate surface area is 286 Å². The second-order valence-corrected chi connectivity index (χ2v) is 13.5. The molecule has 1 aliphatic carbocycles. The van der Waals surface area contributed by atoms with Gasteiger partial charge in [0.15, 0.2) is 0 Å². The number of aliphatic hydroxyl groups excluding tert-OH is 3. The number of likely N-dealkylation sites (tertiary alicyclic amines) is 1. The molecule has 1 saturated heterocycles. The van der Waals surface area contributed by atoms with Gasteiger partial charge in [-0.3, -0.25) is 4.79 Å². The van der Waals surface area contributed by atoms with E-state index in [1.165, 1.54) is 28.7 Å². The van der Waals surface area contributed by atoms with Crippen molar-refractivity contribution in [3.8, 4) is 11.1 Å². The highest BCUT2D eigenvalue weighted by Crippen LogP contribution is 2.44. The fourth-order valence-electron chi connectivity index (χ4n) is 7.06. The van der Waals surface area contributed by atoms with E-state index < -0.39 is 19.0 Å². The molecule has 0 saturated carbocycles. The van der Waals surface area contributed by atoms with Gasteiger partial charge in [0.2, 0.25) is 5.91 Å². The van der Waals surface area contributed by atoms with Gasteiger partial charge in [0.1, 0.15) is 13.4 Å². The summed E-state index contributed by atoms with van der Waals surface area (Å²) in [5.74, 6) is 0.495. The van der Waals surface area contributed by atoms with E-state index in [0.717, 1.165) is 38.6 Å². The highest BCUT2D eigenvalue weighted by molar-refractivity contribution is 5.79. The number of amides is 2. The lowest BCUT2D eigenvalue weighted by Crippen LogP contribution is -2.43. The van der Waals surface area contributed by atoms with Gasteiger partial charge in [-0.25, -0.2) is 4.79 Å². The molecule has 0 unspecified atom stereocenters. The van der Waals surface area contributed by atoms with Crippen LogP contribution in [0.1, 0.15) is 81.8 Å². The number of aliphatic hydroxyl groups is 3. The van der Waals surface area contributed by atoms with Crippen LogP contribution in [0.25, 0.3) is 11.1 Å². The second-order valence-electron chi connectivity index (χ2n) is 13.5. The Bertz CT molecular complexity index is 1220. The van der Waals surface area contributed by atoms with E-state index in [2.05, 4.69) is 36.1 Å². The molecule has 2 atom stereocenters. The number of fused-ring (bicyclic) bond motifs is 3. The SMILES string of the molecule is CCCCCCN(CCC(=O)N1CCC(CN(C)C(=O)OCC2c3ccccc3-c3ccccc32)CC1)CC[C@@H](O)C[C@H](O)COCO. The van der Waals surface area contributed by atoms with Crippen LogP contribution >= 0.6 is 0 Å². The molecule has 1 heterocycles.